The lowest BCUT2D eigenvalue weighted by molar-refractivity contribution is -0.143. The van der Waals surface area contributed by atoms with Crippen LogP contribution in [0.15, 0.2) is 0 Å². The van der Waals surface area contributed by atoms with E-state index < -0.39 is 8.25 Å². The molecule has 0 radical (unpaired) electrons. The second kappa shape index (κ2) is 7.97. The smallest absolute Gasteiger partial charge is 0.319 e. The van der Waals surface area contributed by atoms with Gasteiger partial charge in [0.25, 0.3) is 0 Å². The highest BCUT2D eigenvalue weighted by molar-refractivity contribution is 7.33. The molecule has 5 nitrogen and oxygen atoms in total. The predicted octanol–water partition coefficient (Wildman–Crippen LogP) is 1.77. The van der Waals surface area contributed by atoms with Crippen LogP contribution in [0, 0.1) is 0 Å². The van der Waals surface area contributed by atoms with E-state index in [-0.39, 0.29) is 25.1 Å². The van der Waals surface area contributed by atoms with Crippen LogP contribution in [-0.2, 0) is 23.1 Å². The molecule has 0 rings (SSSR count). The zero-order valence-corrected chi connectivity index (χ0v) is 9.74. The van der Waals surface area contributed by atoms with Crippen molar-refractivity contribution in [3.05, 3.63) is 0 Å². The van der Waals surface area contributed by atoms with Crippen molar-refractivity contribution in [3.8, 4) is 0 Å². The molecule has 1 atom stereocenters. The first-order valence-electron chi connectivity index (χ1n) is 4.55. The Kier molecular flexibility index (Phi) is 7.76. The standard InChI is InChI=1S/C8H17O5P/c1-4-11-8(9)5-6-12-14(10)13-7(2)3/h7,14H,4-6H2,1-3H3. The highest BCUT2D eigenvalue weighted by Crippen LogP contribution is 2.25. The molecule has 0 amide bonds. The lowest BCUT2D eigenvalue weighted by atomic mass is 10.5. The van der Waals surface area contributed by atoms with Crippen LogP contribution in [0.1, 0.15) is 27.2 Å². The molecule has 0 aromatic carbocycles. The van der Waals surface area contributed by atoms with E-state index in [1.807, 2.05) is 0 Å². The molecule has 0 N–H and O–H groups in total. The summed E-state index contributed by atoms with van der Waals surface area (Å²) in [6.07, 6.45) is -0.0323. The summed E-state index contributed by atoms with van der Waals surface area (Å²) in [4.78, 5) is 10.8. The van der Waals surface area contributed by atoms with Gasteiger partial charge in [-0.3, -0.25) is 9.36 Å². The summed E-state index contributed by atoms with van der Waals surface area (Å²) >= 11 is 0. The van der Waals surface area contributed by atoms with Crippen molar-refractivity contribution in [1.82, 2.24) is 0 Å². The zero-order chi connectivity index (χ0) is 11.0. The van der Waals surface area contributed by atoms with Gasteiger partial charge >= 0.3 is 14.2 Å². The van der Waals surface area contributed by atoms with Crippen LogP contribution in [0.3, 0.4) is 0 Å². The maximum Gasteiger partial charge on any atom is 0.319 e. The van der Waals surface area contributed by atoms with Crippen molar-refractivity contribution < 1.29 is 23.1 Å². The Hall–Kier alpha value is -0.380. The van der Waals surface area contributed by atoms with E-state index in [0.717, 1.165) is 0 Å². The van der Waals surface area contributed by atoms with Crippen LogP contribution in [0.25, 0.3) is 0 Å². The van der Waals surface area contributed by atoms with Gasteiger partial charge in [0.15, 0.2) is 0 Å². The van der Waals surface area contributed by atoms with E-state index in [1.54, 1.807) is 20.8 Å². The van der Waals surface area contributed by atoms with Crippen LogP contribution in [-0.4, -0.2) is 25.3 Å². The Balaban J connectivity index is 3.44. The average Bonchev–Trinajstić information content (AvgIpc) is 2.02. The van der Waals surface area contributed by atoms with E-state index in [9.17, 15) is 9.36 Å². The summed E-state index contributed by atoms with van der Waals surface area (Å²) in [5.41, 5.74) is 0. The van der Waals surface area contributed by atoms with Gasteiger partial charge in [-0.25, -0.2) is 0 Å². The van der Waals surface area contributed by atoms with E-state index in [4.69, 9.17) is 9.05 Å². The number of hydrogen-bond donors (Lipinski definition) is 0. The molecular weight excluding hydrogens is 207 g/mol. The monoisotopic (exact) mass is 224 g/mol. The molecule has 6 heteroatoms. The molecule has 1 unspecified atom stereocenters. The Morgan fingerprint density at radius 3 is 2.57 bits per heavy atom. The third kappa shape index (κ3) is 8.23. The van der Waals surface area contributed by atoms with E-state index >= 15 is 0 Å². The molecule has 0 fully saturated rings. The number of esters is 1. The van der Waals surface area contributed by atoms with Gasteiger partial charge in [-0.2, -0.15) is 0 Å². The quantitative estimate of drug-likeness (QED) is 0.487. The molecule has 0 aliphatic carbocycles. The highest BCUT2D eigenvalue weighted by Gasteiger charge is 2.05. The Morgan fingerprint density at radius 1 is 1.43 bits per heavy atom. The number of rotatable bonds is 7. The van der Waals surface area contributed by atoms with E-state index in [1.165, 1.54) is 0 Å². The molecule has 0 saturated heterocycles. The Labute approximate surface area is 84.7 Å². The molecular formula is C8H17O5P. The summed E-state index contributed by atoms with van der Waals surface area (Å²) in [6, 6.07) is 0. The topological polar surface area (TPSA) is 61.8 Å². The minimum absolute atomic E-state index is 0.0728. The maximum absolute atomic E-state index is 11.0. The first kappa shape index (κ1) is 13.6. The molecule has 0 aliphatic heterocycles. The Morgan fingerprint density at radius 2 is 2.07 bits per heavy atom. The van der Waals surface area contributed by atoms with Gasteiger partial charge in [0, 0.05) is 0 Å². The lowest BCUT2D eigenvalue weighted by Gasteiger charge is -2.07. The number of ether oxygens (including phenoxy) is 1. The first-order chi connectivity index (χ1) is 6.56. The van der Waals surface area contributed by atoms with E-state index in [0.29, 0.717) is 6.61 Å². The lowest BCUT2D eigenvalue weighted by Crippen LogP contribution is -2.07. The largest absolute Gasteiger partial charge is 0.466 e. The van der Waals surface area contributed by atoms with Crippen molar-refractivity contribution in [2.75, 3.05) is 13.2 Å². The number of carbonyl (C=O) groups is 1. The van der Waals surface area contributed by atoms with Crippen LogP contribution >= 0.6 is 8.25 Å². The summed E-state index contributed by atoms with van der Waals surface area (Å²) in [5.74, 6) is -0.355. The molecule has 0 aromatic heterocycles. The van der Waals surface area contributed by atoms with E-state index in [2.05, 4.69) is 4.74 Å². The minimum atomic E-state index is -2.46. The highest BCUT2D eigenvalue weighted by atomic mass is 31.1. The van der Waals surface area contributed by atoms with Gasteiger partial charge in [-0.1, -0.05) is 0 Å². The molecule has 84 valence electrons. The second-order valence-electron chi connectivity index (χ2n) is 2.82. The third-order valence-electron chi connectivity index (χ3n) is 1.16. The number of hydrogen-bond acceptors (Lipinski definition) is 5. The van der Waals surface area contributed by atoms with Crippen molar-refractivity contribution >= 4 is 14.2 Å². The van der Waals surface area contributed by atoms with Gasteiger partial charge < -0.3 is 13.8 Å². The van der Waals surface area contributed by atoms with Gasteiger partial charge in [0.1, 0.15) is 0 Å². The fraction of sp³-hybridized carbons (Fsp3) is 0.875. The molecule has 0 spiro atoms. The minimum Gasteiger partial charge on any atom is -0.466 e. The van der Waals surface area contributed by atoms with Gasteiger partial charge in [-0.05, 0) is 20.8 Å². The summed E-state index contributed by atoms with van der Waals surface area (Å²) in [5, 5.41) is 0. The fourth-order valence-corrected chi connectivity index (χ4v) is 1.40. The van der Waals surface area contributed by atoms with Crippen LogP contribution < -0.4 is 0 Å². The summed E-state index contributed by atoms with van der Waals surface area (Å²) in [7, 11) is -2.46. The number of carbonyl (C=O) groups excluding carboxylic acids is 1. The van der Waals surface area contributed by atoms with Crippen LogP contribution in [0.2, 0.25) is 0 Å². The van der Waals surface area contributed by atoms with Crippen LogP contribution in [0.5, 0.6) is 0 Å². The molecule has 0 saturated carbocycles. The molecule has 0 bridgehead atoms. The zero-order valence-electron chi connectivity index (χ0n) is 8.74. The fourth-order valence-electron chi connectivity index (χ4n) is 0.677. The second-order valence-corrected chi connectivity index (χ2v) is 3.84. The van der Waals surface area contributed by atoms with Gasteiger partial charge in [-0.15, -0.1) is 0 Å². The normalized spacial score (nSPS) is 12.9. The van der Waals surface area contributed by atoms with Crippen molar-refractivity contribution in [3.63, 3.8) is 0 Å². The van der Waals surface area contributed by atoms with Gasteiger partial charge in [0.05, 0.1) is 25.7 Å². The molecule has 14 heavy (non-hydrogen) atoms. The van der Waals surface area contributed by atoms with Gasteiger partial charge in [0.2, 0.25) is 0 Å². The maximum atomic E-state index is 11.0. The summed E-state index contributed by atoms with van der Waals surface area (Å²) < 4.78 is 25.3. The molecule has 0 aromatic rings. The van der Waals surface area contributed by atoms with Crippen molar-refractivity contribution in [2.45, 2.75) is 33.3 Å². The predicted molar refractivity (Wildman–Crippen MR) is 52.4 cm³/mol. The molecule has 0 heterocycles. The molecule has 0 aliphatic rings. The Bertz CT molecular complexity index is 192. The van der Waals surface area contributed by atoms with Crippen molar-refractivity contribution in [2.24, 2.45) is 0 Å². The summed E-state index contributed by atoms with van der Waals surface area (Å²) in [6.45, 7) is 5.66. The van der Waals surface area contributed by atoms with Crippen LogP contribution in [0.4, 0.5) is 0 Å². The SMILES string of the molecule is CCOC(=O)CCO[PH](=O)OC(C)C. The average molecular weight is 224 g/mol. The first-order valence-corrected chi connectivity index (χ1v) is 5.77. The third-order valence-corrected chi connectivity index (χ3v) is 2.27. The van der Waals surface area contributed by atoms with Crippen molar-refractivity contribution in [1.29, 1.82) is 0 Å².